The van der Waals surface area contributed by atoms with Gasteiger partial charge >= 0.3 is 5.97 Å². The molecule has 2 aromatic rings. The Kier molecular flexibility index (Phi) is 7.37. The molecule has 1 atom stereocenters. The highest BCUT2D eigenvalue weighted by Gasteiger charge is 2.28. The predicted molar refractivity (Wildman–Crippen MR) is 109 cm³/mol. The van der Waals surface area contributed by atoms with Crippen molar-refractivity contribution in [2.45, 2.75) is 17.9 Å². The van der Waals surface area contributed by atoms with Crippen molar-refractivity contribution in [2.24, 2.45) is 0 Å². The van der Waals surface area contributed by atoms with Crippen molar-refractivity contribution >= 4 is 21.9 Å². The van der Waals surface area contributed by atoms with E-state index < -0.39 is 39.9 Å². The molecule has 1 saturated heterocycles. The number of hydrogen-bond acceptors (Lipinski definition) is 6. The summed E-state index contributed by atoms with van der Waals surface area (Å²) in [5.41, 5.74) is 0.312. The van der Waals surface area contributed by atoms with Crippen molar-refractivity contribution in [3.05, 3.63) is 65.5 Å². The van der Waals surface area contributed by atoms with Gasteiger partial charge in [0.1, 0.15) is 5.82 Å². The van der Waals surface area contributed by atoms with Gasteiger partial charge in [-0.3, -0.25) is 4.79 Å². The summed E-state index contributed by atoms with van der Waals surface area (Å²) in [6, 6.07) is 11.8. The van der Waals surface area contributed by atoms with Crippen LogP contribution in [0.5, 0.6) is 0 Å². The van der Waals surface area contributed by atoms with E-state index in [4.69, 9.17) is 9.47 Å². The molecule has 1 aliphatic heterocycles. The van der Waals surface area contributed by atoms with Gasteiger partial charge in [0.15, 0.2) is 6.61 Å². The lowest BCUT2D eigenvalue weighted by Crippen LogP contribution is -2.40. The Balaban J connectivity index is 1.65. The zero-order chi connectivity index (χ0) is 22.4. The molecule has 1 amide bonds. The van der Waals surface area contributed by atoms with Gasteiger partial charge in [0.2, 0.25) is 10.0 Å². The number of ether oxygens (including phenoxy) is 2. The highest BCUT2D eigenvalue weighted by atomic mass is 32.2. The van der Waals surface area contributed by atoms with Gasteiger partial charge in [0.05, 0.1) is 29.7 Å². The Morgan fingerprint density at radius 1 is 1.16 bits per heavy atom. The largest absolute Gasteiger partial charge is 0.452 e. The van der Waals surface area contributed by atoms with Gasteiger partial charge in [-0.2, -0.15) is 4.31 Å². The number of carbonyl (C=O) groups is 2. The lowest BCUT2D eigenvalue weighted by molar-refractivity contribution is -0.124. The molecule has 2 aromatic carbocycles. The molecular weight excluding hydrogens is 427 g/mol. The minimum Gasteiger partial charge on any atom is -0.452 e. The molecule has 0 bridgehead atoms. The lowest BCUT2D eigenvalue weighted by atomic mass is 10.1. The fraction of sp³-hybridized carbons (Fsp3) is 0.333. The fourth-order valence-electron chi connectivity index (χ4n) is 3.07. The third kappa shape index (κ3) is 5.66. The molecule has 1 heterocycles. The maximum Gasteiger partial charge on any atom is 0.341 e. The molecular formula is C21H23FN2O6S. The second-order valence-corrected chi connectivity index (χ2v) is 8.87. The van der Waals surface area contributed by atoms with Gasteiger partial charge in [-0.15, -0.1) is 0 Å². The Morgan fingerprint density at radius 2 is 1.84 bits per heavy atom. The first-order valence-electron chi connectivity index (χ1n) is 9.68. The maximum atomic E-state index is 14.2. The third-order valence-electron chi connectivity index (χ3n) is 4.78. The molecule has 166 valence electrons. The van der Waals surface area contributed by atoms with E-state index in [1.54, 1.807) is 6.92 Å². The number of hydrogen-bond donors (Lipinski definition) is 1. The van der Waals surface area contributed by atoms with Crippen molar-refractivity contribution in [3.8, 4) is 0 Å². The number of morpholine rings is 1. The van der Waals surface area contributed by atoms with E-state index in [1.807, 2.05) is 30.3 Å². The number of nitrogens with one attached hydrogen (secondary N) is 1. The van der Waals surface area contributed by atoms with Crippen LogP contribution in [0.15, 0.2) is 53.4 Å². The Bertz CT molecular complexity index is 1040. The topological polar surface area (TPSA) is 102 Å². The van der Waals surface area contributed by atoms with Crippen LogP contribution in [0.25, 0.3) is 0 Å². The molecule has 3 rings (SSSR count). The molecule has 0 aliphatic carbocycles. The van der Waals surface area contributed by atoms with Crippen molar-refractivity contribution in [2.75, 3.05) is 32.9 Å². The number of halogens is 1. The van der Waals surface area contributed by atoms with Gasteiger partial charge in [-0.25, -0.2) is 17.6 Å². The molecule has 8 nitrogen and oxygen atoms in total. The molecule has 0 aromatic heterocycles. The number of sulfonamides is 1. The molecule has 31 heavy (non-hydrogen) atoms. The number of carbonyl (C=O) groups excluding carboxylic acids is 2. The van der Waals surface area contributed by atoms with Crippen molar-refractivity contribution in [3.63, 3.8) is 0 Å². The van der Waals surface area contributed by atoms with Crippen LogP contribution < -0.4 is 5.32 Å². The van der Waals surface area contributed by atoms with Crippen LogP contribution in [0.4, 0.5) is 4.39 Å². The predicted octanol–water partition coefficient (Wildman–Crippen LogP) is 1.88. The SMILES string of the molecule is C[C@@H](NC(=O)COC(=O)c1cc(S(=O)(=O)N2CCOCC2)ccc1F)c1ccccc1. The smallest absolute Gasteiger partial charge is 0.341 e. The summed E-state index contributed by atoms with van der Waals surface area (Å²) in [4.78, 5) is 24.2. The van der Waals surface area contributed by atoms with Crippen LogP contribution in [0.2, 0.25) is 0 Å². The lowest BCUT2D eigenvalue weighted by Gasteiger charge is -2.26. The first-order valence-corrected chi connectivity index (χ1v) is 11.1. The summed E-state index contributed by atoms with van der Waals surface area (Å²) in [6.45, 7) is 1.99. The first kappa shape index (κ1) is 22.9. The highest BCUT2D eigenvalue weighted by Crippen LogP contribution is 2.21. The fourth-order valence-corrected chi connectivity index (χ4v) is 4.51. The second-order valence-electron chi connectivity index (χ2n) is 6.93. The quantitative estimate of drug-likeness (QED) is 0.647. The van der Waals surface area contributed by atoms with Crippen LogP contribution >= 0.6 is 0 Å². The average Bonchev–Trinajstić information content (AvgIpc) is 2.78. The summed E-state index contributed by atoms with van der Waals surface area (Å²) >= 11 is 0. The first-order chi connectivity index (χ1) is 14.8. The zero-order valence-electron chi connectivity index (χ0n) is 16.9. The van der Waals surface area contributed by atoms with Crippen molar-refractivity contribution in [1.29, 1.82) is 0 Å². The van der Waals surface area contributed by atoms with Gasteiger partial charge < -0.3 is 14.8 Å². The standard InChI is InChI=1S/C21H23FN2O6S/c1-15(16-5-3-2-4-6-16)23-20(25)14-30-21(26)18-13-17(7-8-19(18)22)31(27,28)24-9-11-29-12-10-24/h2-8,13,15H,9-12,14H2,1H3,(H,23,25)/t15-/m1/s1. The van der Waals surface area contributed by atoms with Crippen LogP contribution in [0.1, 0.15) is 28.9 Å². The van der Waals surface area contributed by atoms with Gasteiger partial charge in [-0.05, 0) is 30.7 Å². The molecule has 0 radical (unpaired) electrons. The van der Waals surface area contributed by atoms with Crippen LogP contribution in [-0.4, -0.2) is 57.5 Å². The molecule has 1 aliphatic rings. The minimum atomic E-state index is -3.91. The number of benzene rings is 2. The summed E-state index contributed by atoms with van der Waals surface area (Å²) in [6.07, 6.45) is 0. The Hall–Kier alpha value is -2.82. The number of nitrogens with zero attached hydrogens (tertiary/aromatic N) is 1. The maximum absolute atomic E-state index is 14.2. The Labute approximate surface area is 180 Å². The van der Waals surface area contributed by atoms with Gasteiger partial charge in [0, 0.05) is 13.1 Å². The summed E-state index contributed by atoms with van der Waals surface area (Å²) in [7, 11) is -3.91. The summed E-state index contributed by atoms with van der Waals surface area (Å²) < 4.78 is 50.9. The second kappa shape index (κ2) is 9.99. The normalized spacial score (nSPS) is 15.8. The van der Waals surface area contributed by atoms with Crippen molar-refractivity contribution in [1.82, 2.24) is 9.62 Å². The van der Waals surface area contributed by atoms with E-state index in [9.17, 15) is 22.4 Å². The molecule has 10 heteroatoms. The van der Waals surface area contributed by atoms with Gasteiger partial charge in [0.25, 0.3) is 5.91 Å². The zero-order valence-corrected chi connectivity index (χ0v) is 17.7. The van der Waals surface area contributed by atoms with Crippen molar-refractivity contribution < 1.29 is 31.9 Å². The number of rotatable bonds is 7. The van der Waals surface area contributed by atoms with E-state index >= 15 is 0 Å². The highest BCUT2D eigenvalue weighted by molar-refractivity contribution is 7.89. The number of esters is 1. The van der Waals surface area contributed by atoms with Gasteiger partial charge in [-0.1, -0.05) is 30.3 Å². The Morgan fingerprint density at radius 3 is 2.52 bits per heavy atom. The van der Waals surface area contributed by atoms with E-state index in [0.717, 1.165) is 23.8 Å². The van der Waals surface area contributed by atoms with E-state index in [0.29, 0.717) is 0 Å². The molecule has 1 fully saturated rings. The third-order valence-corrected chi connectivity index (χ3v) is 6.67. The average molecular weight is 450 g/mol. The van der Waals surface area contributed by atoms with E-state index in [2.05, 4.69) is 5.32 Å². The molecule has 0 saturated carbocycles. The summed E-state index contributed by atoms with van der Waals surface area (Å²) in [5, 5.41) is 2.67. The monoisotopic (exact) mass is 450 g/mol. The molecule has 0 unspecified atom stereocenters. The summed E-state index contributed by atoms with van der Waals surface area (Å²) in [5.74, 6) is -2.63. The van der Waals surface area contributed by atoms with E-state index in [-0.39, 0.29) is 37.2 Å². The van der Waals surface area contributed by atoms with Crippen LogP contribution in [-0.2, 0) is 24.3 Å². The minimum absolute atomic E-state index is 0.166. The molecule has 0 spiro atoms. The van der Waals surface area contributed by atoms with E-state index in [1.165, 1.54) is 4.31 Å². The molecule has 1 N–H and O–H groups in total. The number of amides is 1. The van der Waals surface area contributed by atoms with Crippen LogP contribution in [0.3, 0.4) is 0 Å². The van der Waals surface area contributed by atoms with Crippen LogP contribution in [0, 0.1) is 5.82 Å².